The summed E-state index contributed by atoms with van der Waals surface area (Å²) in [7, 11) is 0. The van der Waals surface area contributed by atoms with E-state index in [0.29, 0.717) is 22.7 Å². The molecule has 30 heavy (non-hydrogen) atoms. The van der Waals surface area contributed by atoms with Gasteiger partial charge in [0, 0.05) is 29.4 Å². The molecular weight excluding hydrogens is 418 g/mol. The lowest BCUT2D eigenvalue weighted by molar-refractivity contribution is -0.117. The Bertz CT molecular complexity index is 1100. The van der Waals surface area contributed by atoms with Crippen LogP contribution in [0, 0.1) is 0 Å². The molecule has 0 aliphatic heterocycles. The Balaban J connectivity index is 1.70. The number of nitrogens with one attached hydrogen (secondary N) is 2. The average Bonchev–Trinajstić information content (AvgIpc) is 2.70. The Labute approximate surface area is 185 Å². The third kappa shape index (κ3) is 6.14. The molecule has 3 rings (SSSR count). The summed E-state index contributed by atoms with van der Waals surface area (Å²) >= 11 is 11.3. The van der Waals surface area contributed by atoms with Gasteiger partial charge in [0.15, 0.2) is 5.11 Å². The molecule has 0 atom stereocenters. The minimum absolute atomic E-state index is 0.153. The first-order valence-corrected chi connectivity index (χ1v) is 9.97. The molecule has 0 radical (unpaired) electrons. The quantitative estimate of drug-likeness (QED) is 0.378. The largest absolute Gasteiger partial charge is 0.507 e. The molecule has 3 aromatic carbocycles. The van der Waals surface area contributed by atoms with Crippen molar-refractivity contribution in [3.05, 3.63) is 88.4 Å². The third-order valence-electron chi connectivity index (χ3n) is 4.21. The number of carbonyl (C=O) groups is 1. The van der Waals surface area contributed by atoms with Crippen LogP contribution in [0.3, 0.4) is 0 Å². The van der Waals surface area contributed by atoms with E-state index in [9.17, 15) is 9.90 Å². The Kier molecular flexibility index (Phi) is 7.17. The standard InChI is InChI=1S/C23H20ClN3O2S/c1-15(28)26-23(30)27-20-9-7-19(8-10-20)25-14-18-13-16(6-11-22(18)29)12-17-4-2-3-5-21(17)24/h2-11,13-14,29H,12H2,1H3,(H2,26,27,28,30). The van der Waals surface area contributed by atoms with Gasteiger partial charge in [0.25, 0.3) is 0 Å². The summed E-state index contributed by atoms with van der Waals surface area (Å²) in [5.41, 5.74) is 4.11. The van der Waals surface area contributed by atoms with E-state index in [1.165, 1.54) is 6.92 Å². The number of thiocarbonyl (C=S) groups is 1. The van der Waals surface area contributed by atoms with Crippen LogP contribution in [0.1, 0.15) is 23.6 Å². The second kappa shape index (κ2) is 10.0. The van der Waals surface area contributed by atoms with Gasteiger partial charge in [-0.2, -0.15) is 0 Å². The van der Waals surface area contributed by atoms with Gasteiger partial charge in [0.1, 0.15) is 5.75 Å². The van der Waals surface area contributed by atoms with Crippen molar-refractivity contribution in [2.75, 3.05) is 5.32 Å². The molecule has 0 aliphatic carbocycles. The lowest BCUT2D eigenvalue weighted by Gasteiger charge is -2.08. The first-order chi connectivity index (χ1) is 14.4. The highest BCUT2D eigenvalue weighted by molar-refractivity contribution is 7.80. The van der Waals surface area contributed by atoms with Crippen molar-refractivity contribution in [2.24, 2.45) is 4.99 Å². The van der Waals surface area contributed by atoms with Gasteiger partial charge in [-0.3, -0.25) is 9.79 Å². The zero-order valence-corrected chi connectivity index (χ0v) is 17.8. The minimum Gasteiger partial charge on any atom is -0.507 e. The molecule has 0 spiro atoms. The van der Waals surface area contributed by atoms with Crippen molar-refractivity contribution < 1.29 is 9.90 Å². The van der Waals surface area contributed by atoms with Crippen molar-refractivity contribution >= 4 is 52.4 Å². The molecular formula is C23H20ClN3O2S. The van der Waals surface area contributed by atoms with E-state index in [4.69, 9.17) is 23.8 Å². The summed E-state index contributed by atoms with van der Waals surface area (Å²) in [5, 5.41) is 16.5. The lowest BCUT2D eigenvalue weighted by atomic mass is 10.0. The van der Waals surface area contributed by atoms with E-state index in [0.717, 1.165) is 16.8 Å². The number of carbonyl (C=O) groups excluding carboxylic acids is 1. The maximum Gasteiger partial charge on any atom is 0.222 e. The smallest absolute Gasteiger partial charge is 0.222 e. The van der Waals surface area contributed by atoms with Crippen LogP contribution in [-0.4, -0.2) is 22.3 Å². The Morgan fingerprint density at radius 1 is 1.13 bits per heavy atom. The van der Waals surface area contributed by atoms with Crippen LogP contribution in [0.2, 0.25) is 5.02 Å². The van der Waals surface area contributed by atoms with Crippen molar-refractivity contribution in [3.63, 3.8) is 0 Å². The Morgan fingerprint density at radius 3 is 2.57 bits per heavy atom. The molecule has 3 N–H and O–H groups in total. The highest BCUT2D eigenvalue weighted by Crippen LogP contribution is 2.23. The summed E-state index contributed by atoms with van der Waals surface area (Å²) in [6.45, 7) is 1.39. The van der Waals surface area contributed by atoms with E-state index in [-0.39, 0.29) is 16.8 Å². The maximum atomic E-state index is 11.0. The molecule has 0 aromatic heterocycles. The number of anilines is 1. The van der Waals surface area contributed by atoms with Crippen molar-refractivity contribution in [2.45, 2.75) is 13.3 Å². The summed E-state index contributed by atoms with van der Waals surface area (Å²) < 4.78 is 0. The fourth-order valence-electron chi connectivity index (χ4n) is 2.78. The zero-order chi connectivity index (χ0) is 21.5. The molecule has 0 saturated carbocycles. The highest BCUT2D eigenvalue weighted by Gasteiger charge is 2.05. The highest BCUT2D eigenvalue weighted by atomic mass is 35.5. The SMILES string of the molecule is CC(=O)NC(=S)Nc1ccc(N=Cc2cc(Cc3ccccc3Cl)ccc2O)cc1. The van der Waals surface area contributed by atoms with Crippen LogP contribution in [0.15, 0.2) is 71.7 Å². The molecule has 0 saturated heterocycles. The van der Waals surface area contributed by atoms with Gasteiger partial charge in [-0.25, -0.2) is 0 Å². The van der Waals surface area contributed by atoms with Gasteiger partial charge in [0.2, 0.25) is 5.91 Å². The van der Waals surface area contributed by atoms with Crippen molar-refractivity contribution in [3.8, 4) is 5.75 Å². The molecule has 5 nitrogen and oxygen atoms in total. The zero-order valence-electron chi connectivity index (χ0n) is 16.2. The molecule has 0 unspecified atom stereocenters. The summed E-state index contributed by atoms with van der Waals surface area (Å²) in [6.07, 6.45) is 2.28. The van der Waals surface area contributed by atoms with E-state index in [1.54, 1.807) is 36.5 Å². The summed E-state index contributed by atoms with van der Waals surface area (Å²) in [5.74, 6) is -0.0779. The second-order valence-electron chi connectivity index (χ2n) is 6.60. The number of rotatable bonds is 5. The number of aliphatic imine (C=N–C) groups is 1. The number of nitrogens with zero attached hydrogens (tertiary/aromatic N) is 1. The number of phenols is 1. The topological polar surface area (TPSA) is 73.7 Å². The Morgan fingerprint density at radius 2 is 1.87 bits per heavy atom. The van der Waals surface area contributed by atoms with Gasteiger partial charge < -0.3 is 15.7 Å². The van der Waals surface area contributed by atoms with Gasteiger partial charge in [-0.05, 0) is 72.2 Å². The van der Waals surface area contributed by atoms with Gasteiger partial charge in [-0.15, -0.1) is 0 Å². The van der Waals surface area contributed by atoms with Gasteiger partial charge in [0.05, 0.1) is 5.69 Å². The molecule has 0 heterocycles. The average molecular weight is 438 g/mol. The van der Waals surface area contributed by atoms with Crippen LogP contribution >= 0.6 is 23.8 Å². The number of hydrogen-bond acceptors (Lipinski definition) is 4. The number of amides is 1. The molecule has 3 aromatic rings. The van der Waals surface area contributed by atoms with E-state index in [1.807, 2.05) is 36.4 Å². The monoisotopic (exact) mass is 437 g/mol. The number of aromatic hydroxyl groups is 1. The third-order valence-corrected chi connectivity index (χ3v) is 4.78. The van der Waals surface area contributed by atoms with E-state index in [2.05, 4.69) is 15.6 Å². The number of hydrogen-bond donors (Lipinski definition) is 3. The fourth-order valence-corrected chi connectivity index (χ4v) is 3.24. The van der Waals surface area contributed by atoms with Gasteiger partial charge >= 0.3 is 0 Å². The predicted molar refractivity (Wildman–Crippen MR) is 126 cm³/mol. The fraction of sp³-hybridized carbons (Fsp3) is 0.0870. The summed E-state index contributed by atoms with van der Waals surface area (Å²) in [6, 6.07) is 20.3. The molecule has 1 amide bonds. The molecule has 152 valence electrons. The summed E-state index contributed by atoms with van der Waals surface area (Å²) in [4.78, 5) is 15.4. The number of halogens is 1. The number of benzene rings is 3. The van der Waals surface area contributed by atoms with Crippen LogP contribution in [0.5, 0.6) is 5.75 Å². The first kappa shape index (κ1) is 21.5. The molecule has 7 heteroatoms. The molecule has 0 aliphatic rings. The van der Waals surface area contributed by atoms with Crippen LogP contribution in [-0.2, 0) is 11.2 Å². The van der Waals surface area contributed by atoms with Crippen molar-refractivity contribution in [1.29, 1.82) is 0 Å². The van der Waals surface area contributed by atoms with Crippen molar-refractivity contribution in [1.82, 2.24) is 5.32 Å². The predicted octanol–water partition coefficient (Wildman–Crippen LogP) is 5.22. The second-order valence-corrected chi connectivity index (χ2v) is 7.42. The first-order valence-electron chi connectivity index (χ1n) is 9.19. The van der Waals surface area contributed by atoms with E-state index < -0.39 is 0 Å². The van der Waals surface area contributed by atoms with Gasteiger partial charge in [-0.1, -0.05) is 35.9 Å². The maximum absolute atomic E-state index is 11.0. The van der Waals surface area contributed by atoms with Crippen LogP contribution in [0.25, 0.3) is 0 Å². The number of phenolic OH excluding ortho intramolecular Hbond substituents is 1. The van der Waals surface area contributed by atoms with E-state index >= 15 is 0 Å². The van der Waals surface area contributed by atoms with Crippen LogP contribution in [0.4, 0.5) is 11.4 Å². The molecule has 0 fully saturated rings. The van der Waals surface area contributed by atoms with Crippen LogP contribution < -0.4 is 10.6 Å². The lowest BCUT2D eigenvalue weighted by Crippen LogP contribution is -2.32. The normalized spacial score (nSPS) is 10.7. The minimum atomic E-state index is -0.231. The molecule has 0 bridgehead atoms. The Hall–Kier alpha value is -3.22.